The second-order valence-corrected chi connectivity index (χ2v) is 9.42. The van der Waals surface area contributed by atoms with Crippen LogP contribution in [0.15, 0.2) is 78.4 Å². The van der Waals surface area contributed by atoms with Gasteiger partial charge in [-0.1, -0.05) is 38.1 Å². The molecule has 3 amide bonds. The monoisotopic (exact) mass is 482 g/mol. The van der Waals surface area contributed by atoms with Gasteiger partial charge in [-0.05, 0) is 42.3 Å². The van der Waals surface area contributed by atoms with E-state index in [1.807, 2.05) is 49.6 Å². The average Bonchev–Trinajstić information content (AvgIpc) is 3.45. The van der Waals surface area contributed by atoms with Gasteiger partial charge in [0.05, 0.1) is 16.8 Å². The predicted octanol–water partition coefficient (Wildman–Crippen LogP) is 5.13. The molecule has 0 aliphatic carbocycles. The van der Waals surface area contributed by atoms with Crippen LogP contribution in [0.5, 0.6) is 0 Å². The van der Waals surface area contributed by atoms with Crippen molar-refractivity contribution < 1.29 is 14.4 Å². The first-order chi connectivity index (χ1) is 16.9. The van der Waals surface area contributed by atoms with Gasteiger partial charge in [-0.25, -0.2) is 4.98 Å². The lowest BCUT2D eigenvalue weighted by Crippen LogP contribution is -2.50. The summed E-state index contributed by atoms with van der Waals surface area (Å²) in [4.78, 5) is 49.2. The number of aromatic nitrogens is 2. The van der Waals surface area contributed by atoms with E-state index in [0.717, 1.165) is 26.7 Å². The molecule has 0 saturated heterocycles. The van der Waals surface area contributed by atoms with Crippen molar-refractivity contribution in [2.75, 3.05) is 5.32 Å². The number of imide groups is 1. The highest BCUT2D eigenvalue weighted by atomic mass is 32.1. The van der Waals surface area contributed by atoms with Crippen LogP contribution in [-0.4, -0.2) is 38.6 Å². The van der Waals surface area contributed by atoms with Crippen molar-refractivity contribution in [1.29, 1.82) is 0 Å². The van der Waals surface area contributed by atoms with Crippen LogP contribution in [0, 0.1) is 5.92 Å². The van der Waals surface area contributed by atoms with E-state index < -0.39 is 23.8 Å². The molecule has 1 aliphatic rings. The normalized spacial score (nSPS) is 13.7. The number of thiazole rings is 1. The zero-order valence-corrected chi connectivity index (χ0v) is 20.0. The van der Waals surface area contributed by atoms with Crippen LogP contribution in [0.3, 0.4) is 0 Å². The van der Waals surface area contributed by atoms with E-state index in [0.29, 0.717) is 16.8 Å². The van der Waals surface area contributed by atoms with Crippen molar-refractivity contribution in [3.8, 4) is 21.8 Å². The summed E-state index contributed by atoms with van der Waals surface area (Å²) in [7, 11) is 0. The Kier molecular flexibility index (Phi) is 5.96. The fourth-order valence-electron chi connectivity index (χ4n) is 4.18. The van der Waals surface area contributed by atoms with E-state index >= 15 is 0 Å². The predicted molar refractivity (Wildman–Crippen MR) is 135 cm³/mol. The fraction of sp³-hybridized carbons (Fsp3) is 0.148. The first-order valence-corrected chi connectivity index (χ1v) is 12.1. The molecular weight excluding hydrogens is 460 g/mol. The summed E-state index contributed by atoms with van der Waals surface area (Å²) in [6.07, 6.45) is 3.46. The van der Waals surface area contributed by atoms with Crippen LogP contribution in [0.4, 0.5) is 5.69 Å². The van der Waals surface area contributed by atoms with Crippen LogP contribution < -0.4 is 5.32 Å². The number of rotatable bonds is 6. The highest BCUT2D eigenvalue weighted by Gasteiger charge is 2.43. The molecule has 0 bridgehead atoms. The third-order valence-electron chi connectivity index (χ3n) is 5.86. The van der Waals surface area contributed by atoms with Crippen molar-refractivity contribution in [1.82, 2.24) is 14.9 Å². The second-order valence-electron chi connectivity index (χ2n) is 8.56. The summed E-state index contributed by atoms with van der Waals surface area (Å²) in [6.45, 7) is 3.64. The Morgan fingerprint density at radius 3 is 2.26 bits per heavy atom. The molecule has 0 radical (unpaired) electrons. The van der Waals surface area contributed by atoms with E-state index in [-0.39, 0.29) is 5.92 Å². The minimum Gasteiger partial charge on any atom is -0.324 e. The molecule has 2 aromatic heterocycles. The Balaban J connectivity index is 1.38. The highest BCUT2D eigenvalue weighted by Crippen LogP contribution is 2.31. The van der Waals surface area contributed by atoms with Crippen LogP contribution in [-0.2, 0) is 4.79 Å². The topological polar surface area (TPSA) is 92.3 Å². The number of nitrogens with one attached hydrogen (secondary N) is 1. The van der Waals surface area contributed by atoms with Crippen LogP contribution in [0.25, 0.3) is 21.8 Å². The number of amides is 3. The van der Waals surface area contributed by atoms with Gasteiger partial charge in [0.15, 0.2) is 0 Å². The third kappa shape index (κ3) is 4.24. The first kappa shape index (κ1) is 22.6. The molecule has 3 heterocycles. The van der Waals surface area contributed by atoms with Crippen molar-refractivity contribution in [2.45, 2.75) is 19.9 Å². The summed E-state index contributed by atoms with van der Waals surface area (Å²) in [6, 6.07) is 16.9. The lowest BCUT2D eigenvalue weighted by atomic mass is 10.0. The van der Waals surface area contributed by atoms with Gasteiger partial charge in [0.1, 0.15) is 11.0 Å². The van der Waals surface area contributed by atoms with E-state index in [9.17, 15) is 14.4 Å². The third-order valence-corrected chi connectivity index (χ3v) is 6.75. The Morgan fingerprint density at radius 2 is 1.60 bits per heavy atom. The van der Waals surface area contributed by atoms with Crippen molar-refractivity contribution in [3.63, 3.8) is 0 Å². The Bertz CT molecular complexity index is 1400. The van der Waals surface area contributed by atoms with E-state index in [1.54, 1.807) is 42.7 Å². The van der Waals surface area contributed by atoms with Crippen LogP contribution in [0.2, 0.25) is 0 Å². The number of carbonyl (C=O) groups excluding carboxylic acids is 3. The number of benzene rings is 2. The second kappa shape index (κ2) is 9.23. The van der Waals surface area contributed by atoms with Gasteiger partial charge in [-0.2, -0.15) is 0 Å². The molecular formula is C27H22N4O3S. The number of hydrogen-bond donors (Lipinski definition) is 1. The van der Waals surface area contributed by atoms with Gasteiger partial charge in [0, 0.05) is 34.6 Å². The zero-order valence-electron chi connectivity index (χ0n) is 19.1. The molecule has 7 nitrogen and oxygen atoms in total. The molecule has 4 aromatic rings. The molecule has 1 unspecified atom stereocenters. The van der Waals surface area contributed by atoms with E-state index in [1.165, 1.54) is 11.3 Å². The SMILES string of the molecule is CC(C)C(C(=O)Nc1cccc(-c2csc(-c3ccncc3)n2)c1)N1C(=O)c2ccccc2C1=O. The summed E-state index contributed by atoms with van der Waals surface area (Å²) >= 11 is 1.53. The lowest BCUT2D eigenvalue weighted by molar-refractivity contribution is -0.121. The molecule has 174 valence electrons. The number of carbonyl (C=O) groups is 3. The minimum absolute atomic E-state index is 0.276. The standard InChI is InChI=1S/C27H22N4O3S/c1-16(2)23(31-26(33)20-8-3-4-9-21(20)27(31)34)24(32)29-19-7-5-6-18(14-19)22-15-35-25(30-22)17-10-12-28-13-11-17/h3-16,23H,1-2H3,(H,29,32). The summed E-state index contributed by atoms with van der Waals surface area (Å²) in [5.74, 6) is -1.58. The van der Waals surface area contributed by atoms with Crippen molar-refractivity contribution >= 4 is 34.7 Å². The maximum atomic E-state index is 13.3. The Hall–Kier alpha value is -4.17. The number of pyridine rings is 1. The molecule has 0 saturated carbocycles. The molecule has 1 N–H and O–H groups in total. The number of nitrogens with zero attached hydrogens (tertiary/aromatic N) is 3. The largest absolute Gasteiger partial charge is 0.324 e. The summed E-state index contributed by atoms with van der Waals surface area (Å²) < 4.78 is 0. The maximum Gasteiger partial charge on any atom is 0.262 e. The molecule has 8 heteroatoms. The Morgan fingerprint density at radius 1 is 0.914 bits per heavy atom. The summed E-state index contributed by atoms with van der Waals surface area (Å²) in [5.41, 5.74) is 3.84. The minimum atomic E-state index is -0.941. The fourth-order valence-corrected chi connectivity index (χ4v) is 5.02. The van der Waals surface area contributed by atoms with Gasteiger partial charge >= 0.3 is 0 Å². The molecule has 2 aromatic carbocycles. The molecule has 1 atom stereocenters. The van der Waals surface area contributed by atoms with Gasteiger partial charge < -0.3 is 5.32 Å². The lowest BCUT2D eigenvalue weighted by Gasteiger charge is -2.28. The molecule has 5 rings (SSSR count). The van der Waals surface area contributed by atoms with Crippen LogP contribution in [0.1, 0.15) is 34.6 Å². The van der Waals surface area contributed by atoms with Gasteiger partial charge in [0.2, 0.25) is 5.91 Å². The van der Waals surface area contributed by atoms with Crippen LogP contribution >= 0.6 is 11.3 Å². The van der Waals surface area contributed by atoms with Crippen molar-refractivity contribution in [3.05, 3.63) is 89.6 Å². The summed E-state index contributed by atoms with van der Waals surface area (Å²) in [5, 5.41) is 5.74. The number of fused-ring (bicyclic) bond motifs is 1. The molecule has 35 heavy (non-hydrogen) atoms. The smallest absolute Gasteiger partial charge is 0.262 e. The van der Waals surface area contributed by atoms with Gasteiger partial charge in [-0.3, -0.25) is 24.3 Å². The molecule has 1 aliphatic heterocycles. The number of hydrogen-bond acceptors (Lipinski definition) is 6. The van der Waals surface area contributed by atoms with E-state index in [4.69, 9.17) is 4.98 Å². The number of anilines is 1. The van der Waals surface area contributed by atoms with E-state index in [2.05, 4.69) is 10.3 Å². The first-order valence-electron chi connectivity index (χ1n) is 11.2. The Labute approximate surface area is 206 Å². The molecule has 0 fully saturated rings. The highest BCUT2D eigenvalue weighted by molar-refractivity contribution is 7.13. The van der Waals surface area contributed by atoms with Gasteiger partial charge in [-0.15, -0.1) is 11.3 Å². The van der Waals surface area contributed by atoms with Crippen molar-refractivity contribution in [2.24, 2.45) is 5.92 Å². The quantitative estimate of drug-likeness (QED) is 0.385. The average molecular weight is 483 g/mol. The van der Waals surface area contributed by atoms with Gasteiger partial charge in [0.25, 0.3) is 11.8 Å². The maximum absolute atomic E-state index is 13.3. The zero-order chi connectivity index (χ0) is 24.5. The molecule has 0 spiro atoms.